The Hall–Kier alpha value is -2.33. The van der Waals surface area contributed by atoms with Gasteiger partial charge in [0.25, 0.3) is 0 Å². The minimum Gasteiger partial charge on any atom is -0.328 e. The highest BCUT2D eigenvalue weighted by molar-refractivity contribution is 5.75. The molecule has 4 nitrogen and oxygen atoms in total. The van der Waals surface area contributed by atoms with Crippen LogP contribution in [-0.2, 0) is 0 Å². The van der Waals surface area contributed by atoms with Crippen LogP contribution in [0.5, 0.6) is 0 Å². The van der Waals surface area contributed by atoms with Crippen LogP contribution in [0.4, 0.5) is 4.79 Å². The molecule has 0 aromatic heterocycles. The van der Waals surface area contributed by atoms with Crippen LogP contribution in [0.2, 0.25) is 0 Å². The molecule has 0 spiro atoms. The lowest BCUT2D eigenvalue weighted by Crippen LogP contribution is -2.56. The van der Waals surface area contributed by atoms with Crippen molar-refractivity contribution in [3.63, 3.8) is 0 Å². The Morgan fingerprint density at radius 2 is 1.26 bits per heavy atom. The maximum Gasteiger partial charge on any atom is 0.329 e. The van der Waals surface area contributed by atoms with Gasteiger partial charge in [-0.2, -0.15) is 0 Å². The van der Waals surface area contributed by atoms with E-state index in [4.69, 9.17) is 0 Å². The number of carbonyl (C=O) groups is 1. The Kier molecular flexibility index (Phi) is 3.16. The first-order valence-electron chi connectivity index (χ1n) is 6.26. The molecule has 2 aromatic carbocycles. The molecule has 4 heteroatoms. The molecular formula is C15H15N3O. The van der Waals surface area contributed by atoms with Crippen molar-refractivity contribution in [2.75, 3.05) is 0 Å². The number of hydrogen-bond acceptors (Lipinski definition) is 2. The van der Waals surface area contributed by atoms with Gasteiger partial charge in [0.1, 0.15) is 0 Å². The van der Waals surface area contributed by atoms with Crippen LogP contribution in [0.15, 0.2) is 60.7 Å². The van der Waals surface area contributed by atoms with Crippen molar-refractivity contribution in [2.24, 2.45) is 0 Å². The molecule has 1 fully saturated rings. The number of amides is 2. The van der Waals surface area contributed by atoms with Gasteiger partial charge in [0.2, 0.25) is 0 Å². The van der Waals surface area contributed by atoms with Gasteiger partial charge in [0.05, 0.1) is 12.1 Å². The number of hydrazine groups is 1. The van der Waals surface area contributed by atoms with Crippen molar-refractivity contribution in [1.82, 2.24) is 16.2 Å². The molecule has 2 unspecified atom stereocenters. The van der Waals surface area contributed by atoms with Gasteiger partial charge in [-0.25, -0.2) is 10.2 Å². The number of benzene rings is 2. The van der Waals surface area contributed by atoms with Crippen LogP contribution < -0.4 is 16.2 Å². The van der Waals surface area contributed by atoms with E-state index < -0.39 is 0 Å². The highest BCUT2D eigenvalue weighted by Crippen LogP contribution is 2.29. The van der Waals surface area contributed by atoms with Gasteiger partial charge in [-0.05, 0) is 11.1 Å². The number of hydrogen-bond donors (Lipinski definition) is 3. The van der Waals surface area contributed by atoms with Crippen molar-refractivity contribution >= 4 is 6.03 Å². The molecular weight excluding hydrogens is 238 g/mol. The van der Waals surface area contributed by atoms with Crippen molar-refractivity contribution in [1.29, 1.82) is 0 Å². The van der Waals surface area contributed by atoms with Crippen molar-refractivity contribution in [2.45, 2.75) is 12.1 Å². The Morgan fingerprint density at radius 3 is 1.84 bits per heavy atom. The summed E-state index contributed by atoms with van der Waals surface area (Å²) in [5.74, 6) is 0. The van der Waals surface area contributed by atoms with E-state index in [0.29, 0.717) is 0 Å². The third-order valence-corrected chi connectivity index (χ3v) is 3.28. The molecule has 2 aromatic rings. The van der Waals surface area contributed by atoms with Crippen LogP contribution in [-0.4, -0.2) is 6.03 Å². The maximum absolute atomic E-state index is 11.5. The second-order valence-corrected chi connectivity index (χ2v) is 4.52. The molecule has 0 bridgehead atoms. The predicted molar refractivity (Wildman–Crippen MR) is 73.2 cm³/mol. The number of urea groups is 1. The zero-order valence-electron chi connectivity index (χ0n) is 10.3. The summed E-state index contributed by atoms with van der Waals surface area (Å²) in [5, 5.41) is 2.97. The number of carbonyl (C=O) groups excluding carboxylic acids is 1. The predicted octanol–water partition coefficient (Wildman–Crippen LogP) is 2.29. The Morgan fingerprint density at radius 1 is 0.737 bits per heavy atom. The Labute approximate surface area is 111 Å². The standard InChI is InChI=1S/C15H15N3O/c19-15-16-13(11-7-3-1-4-8-11)14(17-18-15)12-9-5-2-6-10-12/h1-10,13-14,17H,(H2,16,18,19). The second kappa shape index (κ2) is 5.12. The fraction of sp³-hybridized carbons (Fsp3) is 0.133. The van der Waals surface area contributed by atoms with Crippen molar-refractivity contribution in [3.05, 3.63) is 71.8 Å². The molecule has 0 saturated carbocycles. The van der Waals surface area contributed by atoms with E-state index in [2.05, 4.69) is 16.2 Å². The fourth-order valence-electron chi connectivity index (χ4n) is 2.36. The van der Waals surface area contributed by atoms with Crippen LogP contribution >= 0.6 is 0 Å². The summed E-state index contributed by atoms with van der Waals surface area (Å²) < 4.78 is 0. The zero-order chi connectivity index (χ0) is 13.1. The van der Waals surface area contributed by atoms with Crippen LogP contribution in [0.1, 0.15) is 23.2 Å². The lowest BCUT2D eigenvalue weighted by atomic mass is 9.93. The largest absolute Gasteiger partial charge is 0.329 e. The summed E-state index contributed by atoms with van der Waals surface area (Å²) >= 11 is 0. The van der Waals surface area contributed by atoms with E-state index in [-0.39, 0.29) is 18.1 Å². The molecule has 1 saturated heterocycles. The molecule has 1 heterocycles. The monoisotopic (exact) mass is 253 g/mol. The highest BCUT2D eigenvalue weighted by atomic mass is 16.2. The third-order valence-electron chi connectivity index (χ3n) is 3.28. The SMILES string of the molecule is O=C1NNC(c2ccccc2)C(c2ccccc2)N1. The van der Waals surface area contributed by atoms with Gasteiger partial charge in [0.15, 0.2) is 0 Å². The Balaban J connectivity index is 1.95. The molecule has 3 rings (SSSR count). The summed E-state index contributed by atoms with van der Waals surface area (Å²) in [4.78, 5) is 11.5. The Bertz CT molecular complexity index is 556. The molecule has 2 atom stereocenters. The molecule has 0 aliphatic carbocycles. The highest BCUT2D eigenvalue weighted by Gasteiger charge is 2.30. The van der Waals surface area contributed by atoms with Gasteiger partial charge >= 0.3 is 6.03 Å². The van der Waals surface area contributed by atoms with Crippen LogP contribution in [0.25, 0.3) is 0 Å². The van der Waals surface area contributed by atoms with Gasteiger partial charge < -0.3 is 5.32 Å². The number of nitrogens with one attached hydrogen (secondary N) is 3. The van der Waals surface area contributed by atoms with Crippen molar-refractivity contribution in [3.8, 4) is 0 Å². The van der Waals surface area contributed by atoms with Crippen LogP contribution in [0.3, 0.4) is 0 Å². The summed E-state index contributed by atoms with van der Waals surface area (Å²) in [7, 11) is 0. The lowest BCUT2D eigenvalue weighted by molar-refractivity contribution is 0.207. The quantitative estimate of drug-likeness (QED) is 0.769. The molecule has 0 radical (unpaired) electrons. The van der Waals surface area contributed by atoms with E-state index in [9.17, 15) is 4.79 Å². The molecule has 2 amide bonds. The van der Waals surface area contributed by atoms with Gasteiger partial charge in [0, 0.05) is 0 Å². The van der Waals surface area contributed by atoms with E-state index in [0.717, 1.165) is 11.1 Å². The lowest BCUT2D eigenvalue weighted by Gasteiger charge is -2.34. The fourth-order valence-corrected chi connectivity index (χ4v) is 2.36. The van der Waals surface area contributed by atoms with E-state index >= 15 is 0 Å². The average Bonchev–Trinajstić information content (AvgIpc) is 2.49. The molecule has 1 aliphatic heterocycles. The van der Waals surface area contributed by atoms with Crippen molar-refractivity contribution < 1.29 is 4.79 Å². The van der Waals surface area contributed by atoms with E-state index in [1.165, 1.54) is 0 Å². The topological polar surface area (TPSA) is 53.2 Å². The van der Waals surface area contributed by atoms with E-state index in [1.54, 1.807) is 0 Å². The molecule has 3 N–H and O–H groups in total. The summed E-state index contributed by atoms with van der Waals surface area (Å²) in [6.45, 7) is 0. The first-order valence-corrected chi connectivity index (χ1v) is 6.26. The molecule has 1 aliphatic rings. The second-order valence-electron chi connectivity index (χ2n) is 4.52. The van der Waals surface area contributed by atoms with E-state index in [1.807, 2.05) is 60.7 Å². The smallest absolute Gasteiger partial charge is 0.328 e. The first-order chi connectivity index (χ1) is 9.34. The normalized spacial score (nSPS) is 22.4. The van der Waals surface area contributed by atoms with Gasteiger partial charge in [-0.15, -0.1) is 0 Å². The number of rotatable bonds is 2. The summed E-state index contributed by atoms with van der Waals surface area (Å²) in [6, 6.07) is 19.7. The summed E-state index contributed by atoms with van der Waals surface area (Å²) in [6.07, 6.45) is 0. The first kappa shape index (κ1) is 11.7. The third kappa shape index (κ3) is 2.44. The molecule has 19 heavy (non-hydrogen) atoms. The summed E-state index contributed by atoms with van der Waals surface area (Å²) in [5.41, 5.74) is 7.91. The van der Waals surface area contributed by atoms with Gasteiger partial charge in [-0.3, -0.25) is 5.43 Å². The van der Waals surface area contributed by atoms with Crippen LogP contribution in [0, 0.1) is 0 Å². The average molecular weight is 253 g/mol. The minimum atomic E-state index is -0.207. The maximum atomic E-state index is 11.5. The van der Waals surface area contributed by atoms with Gasteiger partial charge in [-0.1, -0.05) is 60.7 Å². The molecule has 96 valence electrons. The minimum absolute atomic E-state index is 0.00120. The zero-order valence-corrected chi connectivity index (χ0v) is 10.3.